The van der Waals surface area contributed by atoms with E-state index < -0.39 is 0 Å². The van der Waals surface area contributed by atoms with Crippen LogP contribution in [0.2, 0.25) is 0 Å². The number of guanidine groups is 1. The van der Waals surface area contributed by atoms with Crippen LogP contribution in [0.3, 0.4) is 0 Å². The molecule has 0 aliphatic carbocycles. The third-order valence-electron chi connectivity index (χ3n) is 2.76. The van der Waals surface area contributed by atoms with Crippen LogP contribution in [0.1, 0.15) is 0 Å². The van der Waals surface area contributed by atoms with Gasteiger partial charge in [0, 0.05) is 13.1 Å². The van der Waals surface area contributed by atoms with E-state index in [0.717, 1.165) is 41.2 Å². The van der Waals surface area contributed by atoms with E-state index in [1.165, 1.54) is 0 Å². The molecule has 1 aliphatic heterocycles. The highest BCUT2D eigenvalue weighted by atomic mass is 15.2. The molecule has 1 aliphatic rings. The van der Waals surface area contributed by atoms with E-state index in [1.54, 1.807) is 6.33 Å². The number of fused-ring (bicyclic) bond motifs is 1. The van der Waals surface area contributed by atoms with Gasteiger partial charge >= 0.3 is 0 Å². The third-order valence-corrected chi connectivity index (χ3v) is 2.76. The Morgan fingerprint density at radius 3 is 2.88 bits per heavy atom. The number of benzene rings is 1. The van der Waals surface area contributed by atoms with E-state index in [4.69, 9.17) is 0 Å². The van der Waals surface area contributed by atoms with Crippen molar-refractivity contribution in [3.63, 3.8) is 0 Å². The second kappa shape index (κ2) is 3.55. The molecule has 80 valence electrons. The van der Waals surface area contributed by atoms with E-state index in [-0.39, 0.29) is 0 Å². The molecule has 0 unspecified atom stereocenters. The monoisotopic (exact) mass is 213 g/mol. The SMILES string of the molecule is Bc1c(N=C2NCCN2)ccc2[nH]cnc12. The van der Waals surface area contributed by atoms with Gasteiger partial charge in [0.15, 0.2) is 5.96 Å². The summed E-state index contributed by atoms with van der Waals surface area (Å²) in [5.41, 5.74) is 4.09. The highest BCUT2D eigenvalue weighted by Crippen LogP contribution is 2.14. The summed E-state index contributed by atoms with van der Waals surface area (Å²) in [6.45, 7) is 1.87. The van der Waals surface area contributed by atoms with Crippen LogP contribution in [-0.4, -0.2) is 36.9 Å². The quantitative estimate of drug-likeness (QED) is 0.532. The van der Waals surface area contributed by atoms with Crippen LogP contribution >= 0.6 is 0 Å². The maximum Gasteiger partial charge on any atom is 0.196 e. The molecule has 0 spiro atoms. The number of aromatic amines is 1. The largest absolute Gasteiger partial charge is 0.354 e. The van der Waals surface area contributed by atoms with E-state index in [2.05, 4.69) is 25.6 Å². The van der Waals surface area contributed by atoms with E-state index >= 15 is 0 Å². The van der Waals surface area contributed by atoms with Crippen molar-refractivity contribution >= 4 is 36.0 Å². The number of nitrogens with zero attached hydrogens (tertiary/aromatic N) is 2. The van der Waals surface area contributed by atoms with Gasteiger partial charge in [0.05, 0.1) is 23.0 Å². The Kier molecular flexibility index (Phi) is 2.06. The van der Waals surface area contributed by atoms with Gasteiger partial charge in [0.1, 0.15) is 7.85 Å². The zero-order valence-electron chi connectivity index (χ0n) is 9.04. The minimum atomic E-state index is 0.845. The van der Waals surface area contributed by atoms with Crippen LogP contribution in [0, 0.1) is 0 Å². The summed E-state index contributed by atoms with van der Waals surface area (Å²) in [7, 11) is 2.04. The molecule has 1 fully saturated rings. The molecule has 1 saturated heterocycles. The molecule has 0 atom stereocenters. The summed E-state index contributed by atoms with van der Waals surface area (Å²) in [5.74, 6) is 0.845. The molecule has 2 aromatic rings. The van der Waals surface area contributed by atoms with Crippen LogP contribution in [0.4, 0.5) is 5.69 Å². The number of nitrogens with one attached hydrogen (secondary N) is 3. The lowest BCUT2D eigenvalue weighted by Crippen LogP contribution is -2.24. The fraction of sp³-hybridized carbons (Fsp3) is 0.200. The summed E-state index contributed by atoms with van der Waals surface area (Å²) in [5, 5.41) is 6.37. The van der Waals surface area contributed by atoms with Crippen molar-refractivity contribution in [2.45, 2.75) is 0 Å². The molecule has 2 heterocycles. The molecular weight excluding hydrogens is 201 g/mol. The fourth-order valence-corrected chi connectivity index (χ4v) is 1.88. The standard InChI is InChI=1S/C10H12BN5/c11-8-6(16-10-12-3-4-13-10)1-2-7-9(8)15-5-14-7/h1-2,5H,3-4,11H2,(H,14,15)(H2,12,13,16). The molecule has 6 heteroatoms. The molecule has 0 bridgehead atoms. The second-order valence-corrected chi connectivity index (χ2v) is 3.82. The van der Waals surface area contributed by atoms with E-state index in [9.17, 15) is 0 Å². The van der Waals surface area contributed by atoms with Gasteiger partial charge in [-0.3, -0.25) is 0 Å². The first-order valence-electron chi connectivity index (χ1n) is 5.34. The molecule has 1 aromatic carbocycles. The Labute approximate surface area is 93.8 Å². The molecular formula is C10H12BN5. The first kappa shape index (κ1) is 9.27. The Morgan fingerprint density at radius 1 is 1.25 bits per heavy atom. The Balaban J connectivity index is 2.09. The lowest BCUT2D eigenvalue weighted by atomic mass is 9.92. The predicted molar refractivity (Wildman–Crippen MR) is 67.4 cm³/mol. The van der Waals surface area contributed by atoms with Gasteiger partial charge < -0.3 is 15.6 Å². The first-order chi connectivity index (χ1) is 7.84. The van der Waals surface area contributed by atoms with E-state index in [1.807, 2.05) is 20.0 Å². The van der Waals surface area contributed by atoms with Crippen molar-refractivity contribution in [1.82, 2.24) is 20.6 Å². The van der Waals surface area contributed by atoms with Crippen molar-refractivity contribution in [2.24, 2.45) is 4.99 Å². The number of hydrogen-bond acceptors (Lipinski definition) is 2. The average Bonchev–Trinajstić information content (AvgIpc) is 2.93. The first-order valence-corrected chi connectivity index (χ1v) is 5.34. The third kappa shape index (κ3) is 1.43. The van der Waals surface area contributed by atoms with Crippen LogP contribution in [0.15, 0.2) is 23.5 Å². The Hall–Kier alpha value is -1.98. The molecule has 1 aromatic heterocycles. The Morgan fingerprint density at radius 2 is 2.06 bits per heavy atom. The van der Waals surface area contributed by atoms with Crippen LogP contribution < -0.4 is 16.1 Å². The summed E-state index contributed by atoms with van der Waals surface area (Å²) in [6, 6.07) is 4.01. The highest BCUT2D eigenvalue weighted by Gasteiger charge is 2.08. The predicted octanol–water partition coefficient (Wildman–Crippen LogP) is -0.998. The van der Waals surface area contributed by atoms with Crippen molar-refractivity contribution in [3.05, 3.63) is 18.5 Å². The fourth-order valence-electron chi connectivity index (χ4n) is 1.88. The lowest BCUT2D eigenvalue weighted by Gasteiger charge is -2.03. The maximum atomic E-state index is 4.53. The summed E-state index contributed by atoms with van der Waals surface area (Å²) < 4.78 is 0. The molecule has 3 rings (SSSR count). The minimum Gasteiger partial charge on any atom is -0.354 e. The smallest absolute Gasteiger partial charge is 0.196 e. The molecule has 0 amide bonds. The second-order valence-electron chi connectivity index (χ2n) is 3.82. The summed E-state index contributed by atoms with van der Waals surface area (Å²) >= 11 is 0. The maximum absolute atomic E-state index is 4.53. The average molecular weight is 213 g/mol. The summed E-state index contributed by atoms with van der Waals surface area (Å²) in [4.78, 5) is 11.9. The topological polar surface area (TPSA) is 65.1 Å². The van der Waals surface area contributed by atoms with Gasteiger partial charge in [0.25, 0.3) is 0 Å². The van der Waals surface area contributed by atoms with Crippen molar-refractivity contribution < 1.29 is 0 Å². The summed E-state index contributed by atoms with van der Waals surface area (Å²) in [6.07, 6.45) is 1.71. The van der Waals surface area contributed by atoms with Crippen molar-refractivity contribution in [3.8, 4) is 0 Å². The number of aliphatic imine (C=N–C) groups is 1. The van der Waals surface area contributed by atoms with Gasteiger partial charge in [-0.15, -0.1) is 0 Å². The van der Waals surface area contributed by atoms with E-state index in [0.29, 0.717) is 0 Å². The normalized spacial score (nSPS) is 14.9. The zero-order chi connectivity index (χ0) is 11.0. The molecule has 0 saturated carbocycles. The minimum absolute atomic E-state index is 0.845. The van der Waals surface area contributed by atoms with Gasteiger partial charge in [-0.1, -0.05) is 0 Å². The molecule has 5 nitrogen and oxygen atoms in total. The lowest BCUT2D eigenvalue weighted by molar-refractivity contribution is 0.942. The molecule has 0 radical (unpaired) electrons. The highest BCUT2D eigenvalue weighted by molar-refractivity contribution is 6.41. The molecule has 16 heavy (non-hydrogen) atoms. The van der Waals surface area contributed by atoms with Crippen LogP contribution in [0.5, 0.6) is 0 Å². The van der Waals surface area contributed by atoms with Gasteiger partial charge in [0.2, 0.25) is 0 Å². The number of rotatable bonds is 1. The molecule has 3 N–H and O–H groups in total. The van der Waals surface area contributed by atoms with Crippen molar-refractivity contribution in [2.75, 3.05) is 13.1 Å². The Bertz CT molecular complexity index is 551. The number of aromatic nitrogens is 2. The number of imidazole rings is 1. The van der Waals surface area contributed by atoms with Crippen molar-refractivity contribution in [1.29, 1.82) is 0 Å². The van der Waals surface area contributed by atoms with Gasteiger partial charge in [-0.05, 0) is 17.6 Å². The zero-order valence-corrected chi connectivity index (χ0v) is 9.04. The van der Waals surface area contributed by atoms with Crippen LogP contribution in [-0.2, 0) is 0 Å². The van der Waals surface area contributed by atoms with Gasteiger partial charge in [-0.2, -0.15) is 0 Å². The van der Waals surface area contributed by atoms with Gasteiger partial charge in [-0.25, -0.2) is 9.98 Å². The number of H-pyrrole nitrogens is 1. The number of hydrogen-bond donors (Lipinski definition) is 3. The van der Waals surface area contributed by atoms with Crippen LogP contribution in [0.25, 0.3) is 11.0 Å².